The maximum atomic E-state index is 12.3. The van der Waals surface area contributed by atoms with Gasteiger partial charge in [0.1, 0.15) is 5.75 Å². The summed E-state index contributed by atoms with van der Waals surface area (Å²) < 4.78 is 30.1. The monoisotopic (exact) mass is 424 g/mol. The predicted molar refractivity (Wildman–Crippen MR) is 115 cm³/mol. The van der Waals surface area contributed by atoms with Gasteiger partial charge in [0.2, 0.25) is 5.91 Å². The van der Waals surface area contributed by atoms with Gasteiger partial charge in [-0.3, -0.25) is 4.79 Å². The van der Waals surface area contributed by atoms with E-state index in [1.165, 1.54) is 11.8 Å². The summed E-state index contributed by atoms with van der Waals surface area (Å²) in [5.41, 5.74) is 0.821. The Morgan fingerprint density at radius 1 is 1.36 bits per heavy atom. The van der Waals surface area contributed by atoms with Crippen molar-refractivity contribution in [1.29, 1.82) is 0 Å². The van der Waals surface area contributed by atoms with E-state index in [1.54, 1.807) is 0 Å². The molecule has 0 aliphatic carbocycles. The highest BCUT2D eigenvalue weighted by atomic mass is 32.2. The Labute approximate surface area is 171 Å². The third-order valence-electron chi connectivity index (χ3n) is 4.73. The van der Waals surface area contributed by atoms with Crippen molar-refractivity contribution >= 4 is 38.4 Å². The molecule has 0 aromatic heterocycles. The highest BCUT2D eigenvalue weighted by molar-refractivity contribution is 8.16. The first-order valence-corrected chi connectivity index (χ1v) is 12.5. The molecule has 2 aliphatic rings. The van der Waals surface area contributed by atoms with Crippen LogP contribution < -0.4 is 9.64 Å². The zero-order valence-electron chi connectivity index (χ0n) is 16.6. The molecule has 1 aromatic rings. The fourth-order valence-electron chi connectivity index (χ4n) is 3.43. The molecule has 0 saturated carbocycles. The standard InChI is InChI=1S/C20H28N2O4S2/c1-4-5-9-26-16-8-6-7-15(11-16)22-17-12-28(24,25)13-18(17)27-20(22)21-19(23)10-14(2)3/h6-8,11,14,17-18H,4-5,9-10,12-13H2,1-3H3/t17-,18-/m1/s1. The first-order valence-electron chi connectivity index (χ1n) is 9.79. The number of ether oxygens (including phenoxy) is 1. The molecular formula is C20H28N2O4S2. The molecule has 2 atom stereocenters. The Hall–Kier alpha value is -1.54. The van der Waals surface area contributed by atoms with Gasteiger partial charge in [0.25, 0.3) is 0 Å². The van der Waals surface area contributed by atoms with Gasteiger partial charge >= 0.3 is 0 Å². The molecule has 0 radical (unpaired) electrons. The molecule has 1 amide bonds. The average Bonchev–Trinajstić information content (AvgIpc) is 3.05. The SMILES string of the molecule is CCCCOc1cccc(N2C(=NC(=O)CC(C)C)S[C@@H]3CS(=O)(=O)C[C@H]32)c1. The molecule has 6 nitrogen and oxygen atoms in total. The van der Waals surface area contributed by atoms with Crippen LogP contribution in [0.1, 0.15) is 40.0 Å². The Bertz CT molecular complexity index is 852. The lowest BCUT2D eigenvalue weighted by Crippen LogP contribution is -2.37. The summed E-state index contributed by atoms with van der Waals surface area (Å²) in [6.45, 7) is 6.72. The molecule has 0 bridgehead atoms. The van der Waals surface area contributed by atoms with Crippen LogP contribution >= 0.6 is 11.8 Å². The van der Waals surface area contributed by atoms with Crippen LogP contribution in [0.5, 0.6) is 5.75 Å². The molecule has 0 unspecified atom stereocenters. The van der Waals surface area contributed by atoms with Crippen molar-refractivity contribution < 1.29 is 17.9 Å². The number of sulfone groups is 1. The summed E-state index contributed by atoms with van der Waals surface area (Å²) in [7, 11) is -3.08. The van der Waals surface area contributed by atoms with Crippen molar-refractivity contribution in [2.24, 2.45) is 10.9 Å². The molecule has 2 aliphatic heterocycles. The summed E-state index contributed by atoms with van der Waals surface area (Å²) in [5, 5.41) is 0.501. The number of fused-ring (bicyclic) bond motifs is 1. The maximum absolute atomic E-state index is 12.3. The van der Waals surface area contributed by atoms with E-state index in [0.717, 1.165) is 24.3 Å². The summed E-state index contributed by atoms with van der Waals surface area (Å²) in [4.78, 5) is 18.6. The summed E-state index contributed by atoms with van der Waals surface area (Å²) in [5.74, 6) is 1.02. The normalized spacial score (nSPS) is 24.7. The third kappa shape index (κ3) is 5.08. The molecule has 1 aromatic carbocycles. The van der Waals surface area contributed by atoms with E-state index in [2.05, 4.69) is 11.9 Å². The summed E-state index contributed by atoms with van der Waals surface area (Å²) >= 11 is 1.40. The van der Waals surface area contributed by atoms with Crippen molar-refractivity contribution in [3.05, 3.63) is 24.3 Å². The number of rotatable bonds is 7. The van der Waals surface area contributed by atoms with Crippen molar-refractivity contribution in [3.8, 4) is 5.75 Å². The van der Waals surface area contributed by atoms with E-state index in [1.807, 2.05) is 43.0 Å². The molecular weight excluding hydrogens is 396 g/mol. The lowest BCUT2D eigenvalue weighted by Gasteiger charge is -2.25. The zero-order valence-corrected chi connectivity index (χ0v) is 18.3. The predicted octanol–water partition coefficient (Wildman–Crippen LogP) is 3.51. The number of hydrogen-bond acceptors (Lipinski definition) is 5. The lowest BCUT2D eigenvalue weighted by molar-refractivity contribution is -0.118. The molecule has 8 heteroatoms. The van der Waals surface area contributed by atoms with Crippen LogP contribution in [0.15, 0.2) is 29.3 Å². The number of anilines is 1. The topological polar surface area (TPSA) is 76.0 Å². The number of amides is 1. The number of aliphatic imine (C=N–C) groups is 1. The molecule has 3 rings (SSSR count). The van der Waals surface area contributed by atoms with Crippen LogP contribution in [0, 0.1) is 5.92 Å². The van der Waals surface area contributed by atoms with Crippen molar-refractivity contribution in [2.75, 3.05) is 23.0 Å². The minimum Gasteiger partial charge on any atom is -0.494 e. The van der Waals surface area contributed by atoms with Gasteiger partial charge in [-0.05, 0) is 24.5 Å². The van der Waals surface area contributed by atoms with E-state index in [9.17, 15) is 13.2 Å². The molecule has 2 saturated heterocycles. The van der Waals surface area contributed by atoms with Crippen LogP contribution in [-0.4, -0.2) is 48.9 Å². The number of amidine groups is 1. The van der Waals surface area contributed by atoms with Gasteiger partial charge in [-0.2, -0.15) is 4.99 Å². The number of benzene rings is 1. The van der Waals surface area contributed by atoms with E-state index in [-0.39, 0.29) is 34.6 Å². The van der Waals surface area contributed by atoms with Crippen molar-refractivity contribution in [2.45, 2.75) is 51.3 Å². The third-order valence-corrected chi connectivity index (χ3v) is 7.94. The summed E-state index contributed by atoms with van der Waals surface area (Å²) in [6, 6.07) is 7.42. The Balaban J connectivity index is 1.90. The van der Waals surface area contributed by atoms with Crippen LogP contribution in [0.3, 0.4) is 0 Å². The second kappa shape index (κ2) is 8.86. The zero-order chi connectivity index (χ0) is 20.3. The number of nitrogens with zero attached hydrogens (tertiary/aromatic N) is 2. The Morgan fingerprint density at radius 2 is 2.14 bits per heavy atom. The van der Waals surface area contributed by atoms with Crippen LogP contribution in [0.2, 0.25) is 0 Å². The molecule has 154 valence electrons. The summed E-state index contributed by atoms with van der Waals surface area (Å²) in [6.07, 6.45) is 2.41. The number of hydrogen-bond donors (Lipinski definition) is 0. The van der Waals surface area contributed by atoms with E-state index >= 15 is 0 Å². The quantitative estimate of drug-likeness (QED) is 0.624. The van der Waals surface area contributed by atoms with Gasteiger partial charge < -0.3 is 9.64 Å². The smallest absolute Gasteiger partial charge is 0.248 e. The first-order chi connectivity index (χ1) is 13.3. The Kier molecular flexibility index (Phi) is 6.70. The van der Waals surface area contributed by atoms with Crippen LogP contribution in [-0.2, 0) is 14.6 Å². The van der Waals surface area contributed by atoms with Gasteiger partial charge in [-0.25, -0.2) is 8.42 Å². The van der Waals surface area contributed by atoms with E-state index in [0.29, 0.717) is 18.2 Å². The minimum atomic E-state index is -3.08. The largest absolute Gasteiger partial charge is 0.494 e. The lowest BCUT2D eigenvalue weighted by atomic mass is 10.1. The number of carbonyl (C=O) groups is 1. The fourth-order valence-corrected chi connectivity index (χ4v) is 7.36. The molecule has 0 spiro atoms. The minimum absolute atomic E-state index is 0.0863. The van der Waals surface area contributed by atoms with Crippen LogP contribution in [0.4, 0.5) is 5.69 Å². The highest BCUT2D eigenvalue weighted by Gasteiger charge is 2.49. The van der Waals surface area contributed by atoms with Gasteiger partial charge in [0.05, 0.1) is 24.2 Å². The van der Waals surface area contributed by atoms with Crippen molar-refractivity contribution in [3.63, 3.8) is 0 Å². The second-order valence-corrected chi connectivity index (χ2v) is 11.1. The van der Waals surface area contributed by atoms with Gasteiger partial charge in [0.15, 0.2) is 15.0 Å². The van der Waals surface area contributed by atoms with Gasteiger partial charge in [-0.15, -0.1) is 0 Å². The van der Waals surface area contributed by atoms with Gasteiger partial charge in [-0.1, -0.05) is 45.0 Å². The molecule has 2 heterocycles. The fraction of sp³-hybridized carbons (Fsp3) is 0.600. The number of unbranched alkanes of at least 4 members (excludes halogenated alkanes) is 1. The second-order valence-electron chi connectivity index (χ2n) is 7.76. The molecule has 0 N–H and O–H groups in total. The van der Waals surface area contributed by atoms with E-state index < -0.39 is 9.84 Å². The number of thioether (sulfide) groups is 1. The van der Waals surface area contributed by atoms with Gasteiger partial charge in [0, 0.05) is 23.4 Å². The molecule has 2 fully saturated rings. The number of carbonyl (C=O) groups excluding carboxylic acids is 1. The van der Waals surface area contributed by atoms with E-state index in [4.69, 9.17) is 4.74 Å². The molecule has 28 heavy (non-hydrogen) atoms. The average molecular weight is 425 g/mol. The maximum Gasteiger partial charge on any atom is 0.248 e. The van der Waals surface area contributed by atoms with Crippen molar-refractivity contribution in [1.82, 2.24) is 0 Å². The first kappa shape index (κ1) is 21.2. The highest BCUT2D eigenvalue weighted by Crippen LogP contribution is 2.41. The van der Waals surface area contributed by atoms with Crippen LogP contribution in [0.25, 0.3) is 0 Å². The Morgan fingerprint density at radius 3 is 2.86 bits per heavy atom.